The quantitative estimate of drug-likeness (QED) is 0.229. The minimum Gasteiger partial charge on any atom is -0.497 e. The minimum absolute atomic E-state index is 0.00880. The molecule has 2 atom stereocenters. The highest BCUT2D eigenvalue weighted by Gasteiger charge is 2.54. The molecule has 0 saturated carbocycles. The molecule has 2 N–H and O–H groups in total. The molecular weight excluding hydrogens is 454 g/mol. The van der Waals surface area contributed by atoms with Gasteiger partial charge in [0, 0.05) is 18.2 Å². The van der Waals surface area contributed by atoms with E-state index in [4.69, 9.17) is 14.3 Å². The standard InChI is InChI=1S/C21H23N3O8S/c1-11(23-32-8-13-5-4-6-15(7-13)30-3)18(26)22-16-19(27)24-17(21(28)29)14(9-31-12(2)25)10-33-20(16)24/h4-7,16,20H,8-10H2,1-3H3,(H,22,26)(H,28,29)/b23-11+/t16-,20-/m1/s1. The molecule has 0 spiro atoms. The van der Waals surface area contributed by atoms with E-state index in [1.165, 1.54) is 25.6 Å². The third kappa shape index (κ3) is 5.45. The second kappa shape index (κ2) is 10.4. The van der Waals surface area contributed by atoms with Crippen LogP contribution in [0, 0.1) is 0 Å². The highest BCUT2D eigenvalue weighted by molar-refractivity contribution is 8.00. The zero-order chi connectivity index (χ0) is 24.1. The number of carbonyl (C=O) groups excluding carboxylic acids is 3. The Kier molecular flexibility index (Phi) is 7.59. The summed E-state index contributed by atoms with van der Waals surface area (Å²) in [5.41, 5.74) is 0.907. The van der Waals surface area contributed by atoms with Crippen molar-refractivity contribution in [3.63, 3.8) is 0 Å². The van der Waals surface area contributed by atoms with E-state index in [9.17, 15) is 24.3 Å². The third-order valence-electron chi connectivity index (χ3n) is 4.88. The smallest absolute Gasteiger partial charge is 0.352 e. The number of ether oxygens (including phenoxy) is 2. The number of amides is 2. The largest absolute Gasteiger partial charge is 0.497 e. The molecule has 2 heterocycles. The summed E-state index contributed by atoms with van der Waals surface area (Å²) in [6, 6.07) is 6.27. The van der Waals surface area contributed by atoms with Crippen LogP contribution in [0.2, 0.25) is 0 Å². The Morgan fingerprint density at radius 2 is 2.03 bits per heavy atom. The molecule has 33 heavy (non-hydrogen) atoms. The Bertz CT molecular complexity index is 1040. The lowest BCUT2D eigenvalue weighted by Gasteiger charge is -2.49. The normalized spacial score (nSPS) is 19.9. The molecule has 1 saturated heterocycles. The topological polar surface area (TPSA) is 144 Å². The number of esters is 1. The number of carboxylic acid groups (broad SMARTS) is 1. The fourth-order valence-electron chi connectivity index (χ4n) is 3.24. The number of fused-ring (bicyclic) bond motifs is 1. The number of aliphatic carboxylic acids is 1. The van der Waals surface area contributed by atoms with Crippen molar-refractivity contribution in [1.29, 1.82) is 0 Å². The number of oxime groups is 1. The van der Waals surface area contributed by atoms with Gasteiger partial charge in [-0.1, -0.05) is 17.3 Å². The molecule has 176 valence electrons. The summed E-state index contributed by atoms with van der Waals surface area (Å²) < 4.78 is 10.0. The number of hydrogen-bond donors (Lipinski definition) is 2. The van der Waals surface area contributed by atoms with E-state index >= 15 is 0 Å². The van der Waals surface area contributed by atoms with Crippen molar-refractivity contribution in [3.05, 3.63) is 41.1 Å². The van der Waals surface area contributed by atoms with Crippen LogP contribution in [0.4, 0.5) is 0 Å². The van der Waals surface area contributed by atoms with Crippen LogP contribution >= 0.6 is 11.8 Å². The predicted molar refractivity (Wildman–Crippen MR) is 117 cm³/mol. The second-order valence-corrected chi connectivity index (χ2v) is 8.31. The molecule has 1 aromatic rings. The molecule has 0 aromatic heterocycles. The average Bonchev–Trinajstić information content (AvgIpc) is 2.80. The summed E-state index contributed by atoms with van der Waals surface area (Å²) in [4.78, 5) is 54.2. The Balaban J connectivity index is 1.60. The highest BCUT2D eigenvalue weighted by atomic mass is 32.2. The number of carbonyl (C=O) groups is 4. The van der Waals surface area contributed by atoms with Crippen molar-refractivity contribution in [2.75, 3.05) is 19.5 Å². The van der Waals surface area contributed by atoms with Gasteiger partial charge in [0.15, 0.2) is 0 Å². The lowest BCUT2D eigenvalue weighted by molar-refractivity contribution is -0.150. The predicted octanol–water partition coefficient (Wildman–Crippen LogP) is 0.889. The molecule has 0 bridgehead atoms. The number of methoxy groups -OCH3 is 1. The zero-order valence-electron chi connectivity index (χ0n) is 18.2. The third-order valence-corrected chi connectivity index (χ3v) is 6.22. The van der Waals surface area contributed by atoms with Crippen molar-refractivity contribution in [3.8, 4) is 5.75 Å². The Morgan fingerprint density at radius 1 is 1.27 bits per heavy atom. The first-order chi connectivity index (χ1) is 15.7. The molecule has 3 rings (SSSR count). The van der Waals surface area contributed by atoms with Gasteiger partial charge >= 0.3 is 11.9 Å². The van der Waals surface area contributed by atoms with Gasteiger partial charge in [0.1, 0.15) is 41.8 Å². The first-order valence-electron chi connectivity index (χ1n) is 9.86. The van der Waals surface area contributed by atoms with E-state index in [1.54, 1.807) is 25.3 Å². The van der Waals surface area contributed by atoms with E-state index in [1.807, 2.05) is 6.07 Å². The molecule has 0 aliphatic carbocycles. The van der Waals surface area contributed by atoms with Gasteiger partial charge in [0.2, 0.25) is 0 Å². The Labute approximate surface area is 193 Å². The molecule has 1 fully saturated rings. The maximum atomic E-state index is 12.6. The number of thioether (sulfide) groups is 1. The average molecular weight is 477 g/mol. The monoisotopic (exact) mass is 477 g/mol. The SMILES string of the molecule is COc1cccc(CO/N=C(\C)C(=O)N[C@@H]2C(=O)N3C(C(=O)O)=C(COC(C)=O)CS[C@H]23)c1. The maximum Gasteiger partial charge on any atom is 0.352 e. The van der Waals surface area contributed by atoms with E-state index in [0.29, 0.717) is 11.3 Å². The van der Waals surface area contributed by atoms with Crippen molar-refractivity contribution in [2.24, 2.45) is 5.16 Å². The van der Waals surface area contributed by atoms with Crippen molar-refractivity contribution < 1.29 is 38.6 Å². The summed E-state index contributed by atoms with van der Waals surface area (Å²) in [6.07, 6.45) is 0. The fourth-order valence-corrected chi connectivity index (χ4v) is 4.56. The van der Waals surface area contributed by atoms with Crippen LogP contribution < -0.4 is 10.1 Å². The van der Waals surface area contributed by atoms with E-state index < -0.39 is 35.2 Å². The minimum atomic E-state index is -1.30. The summed E-state index contributed by atoms with van der Waals surface area (Å²) >= 11 is 1.27. The van der Waals surface area contributed by atoms with E-state index in [-0.39, 0.29) is 30.4 Å². The van der Waals surface area contributed by atoms with Crippen LogP contribution in [-0.4, -0.2) is 70.4 Å². The maximum absolute atomic E-state index is 12.6. The first kappa shape index (κ1) is 24.1. The van der Waals surface area contributed by atoms with Gasteiger partial charge < -0.3 is 24.7 Å². The Morgan fingerprint density at radius 3 is 2.70 bits per heavy atom. The second-order valence-electron chi connectivity index (χ2n) is 7.20. The van der Waals surface area contributed by atoms with Crippen LogP contribution in [0.25, 0.3) is 0 Å². The molecule has 1 aromatic carbocycles. The van der Waals surface area contributed by atoms with Crippen LogP contribution in [0.5, 0.6) is 5.75 Å². The number of nitrogens with zero attached hydrogens (tertiary/aromatic N) is 2. The van der Waals surface area contributed by atoms with Crippen LogP contribution in [0.1, 0.15) is 19.4 Å². The van der Waals surface area contributed by atoms with E-state index in [2.05, 4.69) is 10.5 Å². The van der Waals surface area contributed by atoms with Crippen LogP contribution in [0.15, 0.2) is 40.7 Å². The highest BCUT2D eigenvalue weighted by Crippen LogP contribution is 2.40. The molecule has 0 radical (unpaired) electrons. The molecule has 11 nitrogen and oxygen atoms in total. The first-order valence-corrected chi connectivity index (χ1v) is 10.9. The molecule has 0 unspecified atom stereocenters. The summed E-state index contributed by atoms with van der Waals surface area (Å²) in [6.45, 7) is 2.56. The van der Waals surface area contributed by atoms with Gasteiger partial charge in [-0.2, -0.15) is 0 Å². The van der Waals surface area contributed by atoms with Crippen LogP contribution in [0.3, 0.4) is 0 Å². The zero-order valence-corrected chi connectivity index (χ0v) is 19.0. The van der Waals surface area contributed by atoms with Gasteiger partial charge in [-0.25, -0.2) is 4.79 Å². The number of nitrogens with one attached hydrogen (secondary N) is 1. The number of rotatable bonds is 9. The van der Waals surface area contributed by atoms with Gasteiger partial charge in [-0.3, -0.25) is 19.3 Å². The van der Waals surface area contributed by atoms with Crippen molar-refractivity contribution in [1.82, 2.24) is 10.2 Å². The van der Waals surface area contributed by atoms with Gasteiger partial charge in [-0.15, -0.1) is 11.8 Å². The number of hydrogen-bond acceptors (Lipinski definition) is 9. The number of β-lactam (4-membered cyclic amide) rings is 1. The molecule has 2 amide bonds. The summed E-state index contributed by atoms with van der Waals surface area (Å²) in [5, 5.41) is 15.3. The fraction of sp³-hybridized carbons (Fsp3) is 0.381. The molecular formula is C21H23N3O8S. The van der Waals surface area contributed by atoms with Crippen molar-refractivity contribution in [2.45, 2.75) is 31.9 Å². The van der Waals surface area contributed by atoms with E-state index in [0.717, 1.165) is 10.5 Å². The summed E-state index contributed by atoms with van der Waals surface area (Å²) in [7, 11) is 1.55. The van der Waals surface area contributed by atoms with Crippen LogP contribution in [-0.2, 0) is 35.4 Å². The number of benzene rings is 1. The molecule has 2 aliphatic heterocycles. The van der Waals surface area contributed by atoms with Gasteiger partial charge in [0.25, 0.3) is 11.8 Å². The number of carboxylic acids is 1. The van der Waals surface area contributed by atoms with Gasteiger partial charge in [-0.05, 0) is 24.6 Å². The molecule has 2 aliphatic rings. The molecule has 12 heteroatoms. The lowest BCUT2D eigenvalue weighted by Crippen LogP contribution is -2.71. The Hall–Kier alpha value is -3.54. The van der Waals surface area contributed by atoms with Crippen molar-refractivity contribution >= 4 is 41.2 Å². The summed E-state index contributed by atoms with van der Waals surface area (Å²) in [5.74, 6) is -2.12. The van der Waals surface area contributed by atoms with Gasteiger partial charge in [0.05, 0.1) is 7.11 Å². The lowest BCUT2D eigenvalue weighted by atomic mass is 10.0.